The number of aryl methyl sites for hydroxylation is 1. The summed E-state index contributed by atoms with van der Waals surface area (Å²) in [7, 11) is -1.46. The number of piperidine rings is 1. The largest absolute Gasteiger partial charge is 0.316 e. The van der Waals surface area contributed by atoms with E-state index in [1.165, 1.54) is 0 Å². The van der Waals surface area contributed by atoms with Gasteiger partial charge in [0, 0.05) is 19.1 Å². The molecule has 1 unspecified atom stereocenters. The molecule has 0 amide bonds. The number of benzene rings is 1. The minimum absolute atomic E-state index is 0. The van der Waals surface area contributed by atoms with E-state index in [4.69, 9.17) is 0 Å². The molecule has 20 heavy (non-hydrogen) atoms. The second kappa shape index (κ2) is 7.41. The quantitative estimate of drug-likeness (QED) is 0.924. The van der Waals surface area contributed by atoms with Gasteiger partial charge in [0.1, 0.15) is 0 Å². The molecule has 4 nitrogen and oxygen atoms in total. The van der Waals surface area contributed by atoms with Crippen LogP contribution >= 0.6 is 12.4 Å². The number of rotatable bonds is 4. The lowest BCUT2D eigenvalue weighted by atomic mass is 10.1. The Morgan fingerprint density at radius 2 is 2.15 bits per heavy atom. The van der Waals surface area contributed by atoms with Gasteiger partial charge in [-0.15, -0.1) is 12.4 Å². The average Bonchev–Trinajstić information content (AvgIpc) is 2.47. The van der Waals surface area contributed by atoms with Crippen LogP contribution in [-0.4, -0.2) is 38.9 Å². The van der Waals surface area contributed by atoms with Gasteiger partial charge in [-0.3, -0.25) is 0 Å². The molecule has 0 radical (unpaired) electrons. The first kappa shape index (κ1) is 17.4. The van der Waals surface area contributed by atoms with Gasteiger partial charge in [0.2, 0.25) is 10.0 Å². The Bertz CT molecular complexity index is 534. The summed E-state index contributed by atoms with van der Waals surface area (Å²) < 4.78 is 26.8. The highest BCUT2D eigenvalue weighted by atomic mass is 35.5. The topological polar surface area (TPSA) is 49.4 Å². The molecular weight excluding hydrogens is 296 g/mol. The Hall–Kier alpha value is -0.620. The summed E-state index contributed by atoms with van der Waals surface area (Å²) in [5.41, 5.74) is 1.06. The van der Waals surface area contributed by atoms with Gasteiger partial charge in [-0.2, -0.15) is 4.31 Å². The first-order chi connectivity index (χ1) is 9.07. The molecule has 2 rings (SSSR count). The van der Waals surface area contributed by atoms with Gasteiger partial charge in [-0.1, -0.05) is 19.1 Å². The fraction of sp³-hybridized carbons (Fsp3) is 0.571. The summed E-state index contributed by atoms with van der Waals surface area (Å²) in [6.45, 7) is 3.22. The lowest BCUT2D eigenvalue weighted by Gasteiger charge is -2.31. The molecule has 0 aromatic heterocycles. The SMILES string of the molecule is CCc1cccc(S(=O)(=O)N2CCCC(NC)C2)c1.Cl. The van der Waals surface area contributed by atoms with Crippen LogP contribution in [0.5, 0.6) is 0 Å². The first-order valence-corrected chi connectivity index (χ1v) is 8.28. The molecule has 0 bridgehead atoms. The lowest BCUT2D eigenvalue weighted by molar-refractivity contribution is 0.293. The van der Waals surface area contributed by atoms with Gasteiger partial charge in [-0.25, -0.2) is 8.42 Å². The van der Waals surface area contributed by atoms with E-state index in [9.17, 15) is 8.42 Å². The van der Waals surface area contributed by atoms with Crippen molar-refractivity contribution in [2.75, 3.05) is 20.1 Å². The third kappa shape index (κ3) is 3.73. The number of nitrogens with one attached hydrogen (secondary N) is 1. The van der Waals surface area contributed by atoms with Gasteiger partial charge >= 0.3 is 0 Å². The summed E-state index contributed by atoms with van der Waals surface area (Å²) in [5, 5.41) is 3.17. The van der Waals surface area contributed by atoms with Crippen molar-refractivity contribution < 1.29 is 8.42 Å². The fourth-order valence-corrected chi connectivity index (χ4v) is 4.07. The molecule has 114 valence electrons. The van der Waals surface area contributed by atoms with Crippen molar-refractivity contribution >= 4 is 22.4 Å². The minimum atomic E-state index is -3.34. The molecule has 1 aromatic rings. The molecule has 1 N–H and O–H groups in total. The zero-order chi connectivity index (χ0) is 13.9. The van der Waals surface area contributed by atoms with E-state index in [2.05, 4.69) is 5.32 Å². The predicted molar refractivity (Wildman–Crippen MR) is 83.9 cm³/mol. The van der Waals surface area contributed by atoms with Gasteiger partial charge in [0.15, 0.2) is 0 Å². The van der Waals surface area contributed by atoms with Crippen LogP contribution in [0.25, 0.3) is 0 Å². The predicted octanol–water partition coefficient (Wildman–Crippen LogP) is 2.04. The van der Waals surface area contributed by atoms with E-state index in [1.807, 2.05) is 26.1 Å². The van der Waals surface area contributed by atoms with Crippen LogP contribution < -0.4 is 5.32 Å². The van der Waals surface area contributed by atoms with Crippen LogP contribution in [0, 0.1) is 0 Å². The average molecular weight is 319 g/mol. The normalized spacial score (nSPS) is 20.4. The summed E-state index contributed by atoms with van der Waals surface area (Å²) in [4.78, 5) is 0.420. The van der Waals surface area contributed by atoms with Crippen molar-refractivity contribution in [3.8, 4) is 0 Å². The van der Waals surface area contributed by atoms with Crippen LogP contribution in [0.3, 0.4) is 0 Å². The Labute approximate surface area is 128 Å². The van der Waals surface area contributed by atoms with Crippen LogP contribution in [0.1, 0.15) is 25.3 Å². The summed E-state index contributed by atoms with van der Waals surface area (Å²) in [6, 6.07) is 7.53. The van der Waals surface area contributed by atoms with E-state index in [1.54, 1.807) is 16.4 Å². The van der Waals surface area contributed by atoms with Crippen LogP contribution in [0.4, 0.5) is 0 Å². The molecule has 1 aromatic carbocycles. The van der Waals surface area contributed by atoms with E-state index in [-0.39, 0.29) is 18.4 Å². The highest BCUT2D eigenvalue weighted by molar-refractivity contribution is 7.89. The van der Waals surface area contributed by atoms with Crippen molar-refractivity contribution in [2.45, 2.75) is 37.1 Å². The molecule has 1 aliphatic rings. The van der Waals surface area contributed by atoms with Crippen molar-refractivity contribution in [3.63, 3.8) is 0 Å². The first-order valence-electron chi connectivity index (χ1n) is 6.84. The minimum Gasteiger partial charge on any atom is -0.316 e. The van der Waals surface area contributed by atoms with Crippen molar-refractivity contribution in [3.05, 3.63) is 29.8 Å². The Kier molecular flexibility index (Phi) is 6.45. The van der Waals surface area contributed by atoms with E-state index in [0.717, 1.165) is 24.8 Å². The van der Waals surface area contributed by atoms with Crippen molar-refractivity contribution in [1.29, 1.82) is 0 Å². The number of likely N-dealkylation sites (N-methyl/N-ethyl adjacent to an activating group) is 1. The highest BCUT2D eigenvalue weighted by Crippen LogP contribution is 2.21. The number of sulfonamides is 1. The number of nitrogens with zero attached hydrogens (tertiary/aromatic N) is 1. The molecule has 1 atom stereocenters. The summed E-state index contributed by atoms with van der Waals surface area (Å²) in [5.74, 6) is 0. The zero-order valence-electron chi connectivity index (χ0n) is 12.0. The zero-order valence-corrected chi connectivity index (χ0v) is 13.6. The maximum atomic E-state index is 12.6. The smallest absolute Gasteiger partial charge is 0.243 e. The van der Waals surface area contributed by atoms with Crippen LogP contribution in [0.15, 0.2) is 29.2 Å². The molecule has 1 fully saturated rings. The molecule has 1 aliphatic heterocycles. The fourth-order valence-electron chi connectivity index (χ4n) is 2.47. The van der Waals surface area contributed by atoms with E-state index in [0.29, 0.717) is 18.0 Å². The maximum Gasteiger partial charge on any atom is 0.243 e. The van der Waals surface area contributed by atoms with Gasteiger partial charge in [-0.05, 0) is 44.0 Å². The number of hydrogen-bond acceptors (Lipinski definition) is 3. The molecule has 0 spiro atoms. The second-order valence-electron chi connectivity index (χ2n) is 4.99. The number of halogens is 1. The maximum absolute atomic E-state index is 12.6. The number of hydrogen-bond donors (Lipinski definition) is 1. The van der Waals surface area contributed by atoms with Gasteiger partial charge in [0.05, 0.1) is 4.90 Å². The molecule has 1 saturated heterocycles. The second-order valence-corrected chi connectivity index (χ2v) is 6.93. The van der Waals surface area contributed by atoms with Gasteiger partial charge in [0.25, 0.3) is 0 Å². The van der Waals surface area contributed by atoms with Crippen molar-refractivity contribution in [1.82, 2.24) is 9.62 Å². The molecule has 0 aliphatic carbocycles. The highest BCUT2D eigenvalue weighted by Gasteiger charge is 2.29. The Morgan fingerprint density at radius 1 is 1.40 bits per heavy atom. The molecule has 1 heterocycles. The van der Waals surface area contributed by atoms with E-state index >= 15 is 0 Å². The molecule has 6 heteroatoms. The van der Waals surface area contributed by atoms with Crippen LogP contribution in [0.2, 0.25) is 0 Å². The van der Waals surface area contributed by atoms with E-state index < -0.39 is 10.0 Å². The summed E-state index contributed by atoms with van der Waals surface area (Å²) >= 11 is 0. The third-order valence-electron chi connectivity index (χ3n) is 3.74. The summed E-state index contributed by atoms with van der Waals surface area (Å²) in [6.07, 6.45) is 2.80. The molecular formula is C14H23ClN2O2S. The van der Waals surface area contributed by atoms with Crippen LogP contribution in [-0.2, 0) is 16.4 Å². The monoisotopic (exact) mass is 318 g/mol. The van der Waals surface area contributed by atoms with Gasteiger partial charge < -0.3 is 5.32 Å². The standard InChI is InChI=1S/C14H22N2O2S.ClH/c1-3-12-6-4-8-14(10-12)19(17,18)16-9-5-7-13(11-16)15-2;/h4,6,8,10,13,15H,3,5,7,9,11H2,1-2H3;1H. The Balaban J connectivity index is 0.00000200. The van der Waals surface area contributed by atoms with Crippen molar-refractivity contribution in [2.24, 2.45) is 0 Å². The molecule has 0 saturated carbocycles. The lowest BCUT2D eigenvalue weighted by Crippen LogP contribution is -2.46. The Morgan fingerprint density at radius 3 is 2.80 bits per heavy atom. The third-order valence-corrected chi connectivity index (χ3v) is 5.60.